The number of hydrogen-bond donors (Lipinski definition) is 3. The number of aromatic amines is 1. The maximum absolute atomic E-state index is 12.3. The number of rotatable bonds is 2. The van der Waals surface area contributed by atoms with Gasteiger partial charge in [0.15, 0.2) is 0 Å². The summed E-state index contributed by atoms with van der Waals surface area (Å²) in [6.45, 7) is 1.84. The van der Waals surface area contributed by atoms with E-state index in [1.165, 1.54) is 0 Å². The number of amides is 1. The molecule has 0 aliphatic heterocycles. The number of pyridine rings is 1. The zero-order chi connectivity index (χ0) is 15.0. The Labute approximate surface area is 129 Å². The molecule has 0 radical (unpaired) electrons. The van der Waals surface area contributed by atoms with Crippen LogP contribution in [-0.4, -0.2) is 15.9 Å². The van der Waals surface area contributed by atoms with Crippen molar-refractivity contribution < 1.29 is 4.79 Å². The minimum atomic E-state index is -0.211. The fraction of sp³-hybridized carbons (Fsp3) is 0.0667. The normalized spacial score (nSPS) is 10.8. The van der Waals surface area contributed by atoms with Gasteiger partial charge in [-0.15, -0.1) is 0 Å². The number of aromatic nitrogens is 2. The van der Waals surface area contributed by atoms with E-state index in [2.05, 4.69) is 31.2 Å². The smallest absolute Gasteiger partial charge is 0.272 e. The number of fused-ring (bicyclic) bond motifs is 1. The molecule has 0 bridgehead atoms. The third-order valence-electron chi connectivity index (χ3n) is 3.19. The van der Waals surface area contributed by atoms with E-state index in [0.29, 0.717) is 17.1 Å². The third-order valence-corrected chi connectivity index (χ3v) is 3.63. The molecule has 2 aromatic heterocycles. The van der Waals surface area contributed by atoms with Crippen molar-refractivity contribution in [3.63, 3.8) is 0 Å². The van der Waals surface area contributed by atoms with E-state index in [1.54, 1.807) is 18.2 Å². The van der Waals surface area contributed by atoms with Crippen LogP contribution < -0.4 is 11.1 Å². The Bertz CT molecular complexity index is 841. The highest BCUT2D eigenvalue weighted by molar-refractivity contribution is 9.10. The Kier molecular flexibility index (Phi) is 3.39. The molecule has 21 heavy (non-hydrogen) atoms. The molecule has 6 heteroatoms. The first-order chi connectivity index (χ1) is 10.0. The van der Waals surface area contributed by atoms with Gasteiger partial charge in [0.25, 0.3) is 5.91 Å². The Morgan fingerprint density at radius 1 is 1.29 bits per heavy atom. The van der Waals surface area contributed by atoms with Gasteiger partial charge in [-0.3, -0.25) is 4.79 Å². The lowest BCUT2D eigenvalue weighted by Gasteiger charge is -2.06. The van der Waals surface area contributed by atoms with Crippen LogP contribution in [0.2, 0.25) is 0 Å². The molecule has 106 valence electrons. The number of nitrogens with zero attached hydrogens (tertiary/aromatic N) is 1. The quantitative estimate of drug-likeness (QED) is 0.491. The number of nitrogen functional groups attached to an aromatic ring is 1. The van der Waals surface area contributed by atoms with Crippen molar-refractivity contribution in [2.45, 2.75) is 6.92 Å². The first kappa shape index (κ1) is 13.6. The average Bonchev–Trinajstić information content (AvgIpc) is 2.85. The Hall–Kier alpha value is -2.34. The first-order valence-electron chi connectivity index (χ1n) is 6.36. The van der Waals surface area contributed by atoms with Gasteiger partial charge in [-0.25, -0.2) is 4.98 Å². The zero-order valence-corrected chi connectivity index (χ0v) is 12.9. The zero-order valence-electron chi connectivity index (χ0n) is 11.3. The van der Waals surface area contributed by atoms with Gasteiger partial charge >= 0.3 is 0 Å². The van der Waals surface area contributed by atoms with Crippen LogP contribution in [-0.2, 0) is 0 Å². The van der Waals surface area contributed by atoms with E-state index in [0.717, 1.165) is 21.2 Å². The number of benzene rings is 1. The van der Waals surface area contributed by atoms with Crippen molar-refractivity contribution in [2.75, 3.05) is 11.1 Å². The van der Waals surface area contributed by atoms with E-state index in [9.17, 15) is 4.79 Å². The lowest BCUT2D eigenvalue weighted by molar-refractivity contribution is 0.102. The molecule has 0 fully saturated rings. The van der Waals surface area contributed by atoms with Gasteiger partial charge in [-0.05, 0) is 59.3 Å². The molecular weight excluding hydrogens is 332 g/mol. The van der Waals surface area contributed by atoms with Crippen LogP contribution in [0.3, 0.4) is 0 Å². The average molecular weight is 345 g/mol. The van der Waals surface area contributed by atoms with Crippen LogP contribution in [0.15, 0.2) is 41.0 Å². The summed E-state index contributed by atoms with van der Waals surface area (Å²) in [5, 5.41) is 3.75. The van der Waals surface area contributed by atoms with E-state index in [-0.39, 0.29) is 5.91 Å². The SMILES string of the molecule is Cc1nc(Br)ccc1NC(=O)c1cc2cc(N)ccc2[nH]1. The predicted molar refractivity (Wildman–Crippen MR) is 87.3 cm³/mol. The monoisotopic (exact) mass is 344 g/mol. The summed E-state index contributed by atoms with van der Waals surface area (Å²) in [4.78, 5) is 19.6. The number of nitrogens with one attached hydrogen (secondary N) is 2. The summed E-state index contributed by atoms with van der Waals surface area (Å²) < 4.78 is 0.735. The number of H-pyrrole nitrogens is 1. The molecule has 0 spiro atoms. The molecule has 5 nitrogen and oxygen atoms in total. The molecule has 3 aromatic rings. The number of carbonyl (C=O) groups excluding carboxylic acids is 1. The molecule has 0 unspecified atom stereocenters. The highest BCUT2D eigenvalue weighted by Gasteiger charge is 2.11. The van der Waals surface area contributed by atoms with Gasteiger partial charge in [0.2, 0.25) is 0 Å². The first-order valence-corrected chi connectivity index (χ1v) is 7.15. The van der Waals surface area contributed by atoms with Crippen LogP contribution in [0.5, 0.6) is 0 Å². The number of hydrogen-bond acceptors (Lipinski definition) is 3. The van der Waals surface area contributed by atoms with Crippen molar-refractivity contribution in [1.29, 1.82) is 0 Å². The number of halogens is 1. The molecule has 0 aliphatic carbocycles. The van der Waals surface area contributed by atoms with Crippen molar-refractivity contribution in [1.82, 2.24) is 9.97 Å². The molecule has 3 rings (SSSR count). The minimum Gasteiger partial charge on any atom is -0.399 e. The van der Waals surface area contributed by atoms with E-state index >= 15 is 0 Å². The Morgan fingerprint density at radius 2 is 2.10 bits per heavy atom. The fourth-order valence-electron chi connectivity index (χ4n) is 2.13. The fourth-order valence-corrected chi connectivity index (χ4v) is 2.52. The molecule has 0 saturated carbocycles. The predicted octanol–water partition coefficient (Wildman–Crippen LogP) is 3.47. The second-order valence-electron chi connectivity index (χ2n) is 4.75. The molecule has 0 aliphatic rings. The summed E-state index contributed by atoms with van der Waals surface area (Å²) >= 11 is 3.30. The molecular formula is C15H13BrN4O. The number of anilines is 2. The third kappa shape index (κ3) is 2.75. The molecule has 4 N–H and O–H groups in total. The lowest BCUT2D eigenvalue weighted by atomic mass is 10.2. The van der Waals surface area contributed by atoms with E-state index < -0.39 is 0 Å². The standard InChI is InChI=1S/C15H13BrN4O/c1-8-11(4-5-14(16)18-8)20-15(21)13-7-9-6-10(17)2-3-12(9)19-13/h2-7,19H,17H2,1H3,(H,20,21). The van der Waals surface area contributed by atoms with Crippen LogP contribution in [0.1, 0.15) is 16.2 Å². The van der Waals surface area contributed by atoms with Gasteiger partial charge in [0.1, 0.15) is 10.3 Å². The van der Waals surface area contributed by atoms with Crippen molar-refractivity contribution >= 4 is 44.1 Å². The Balaban J connectivity index is 1.89. The summed E-state index contributed by atoms with van der Waals surface area (Å²) in [6.07, 6.45) is 0. The molecule has 1 aromatic carbocycles. The second kappa shape index (κ2) is 5.21. The lowest BCUT2D eigenvalue weighted by Crippen LogP contribution is -2.13. The topological polar surface area (TPSA) is 83.8 Å². The van der Waals surface area contributed by atoms with Gasteiger partial charge < -0.3 is 16.0 Å². The molecule has 1 amide bonds. The second-order valence-corrected chi connectivity index (χ2v) is 5.56. The maximum atomic E-state index is 12.3. The van der Waals surface area contributed by atoms with Crippen molar-refractivity contribution in [3.05, 3.63) is 52.4 Å². The van der Waals surface area contributed by atoms with Crippen LogP contribution in [0, 0.1) is 6.92 Å². The molecule has 0 saturated heterocycles. The summed E-state index contributed by atoms with van der Waals surface area (Å²) in [7, 11) is 0. The Morgan fingerprint density at radius 3 is 2.86 bits per heavy atom. The van der Waals surface area contributed by atoms with Gasteiger partial charge in [0, 0.05) is 16.6 Å². The number of aryl methyl sites for hydroxylation is 1. The van der Waals surface area contributed by atoms with E-state index in [1.807, 2.05) is 25.1 Å². The minimum absolute atomic E-state index is 0.211. The van der Waals surface area contributed by atoms with Gasteiger partial charge in [0.05, 0.1) is 11.4 Å². The van der Waals surface area contributed by atoms with E-state index in [4.69, 9.17) is 5.73 Å². The summed E-state index contributed by atoms with van der Waals surface area (Å²) in [5.74, 6) is -0.211. The van der Waals surface area contributed by atoms with Crippen LogP contribution in [0.4, 0.5) is 11.4 Å². The summed E-state index contributed by atoms with van der Waals surface area (Å²) in [5.41, 5.74) is 9.20. The summed E-state index contributed by atoms with van der Waals surface area (Å²) in [6, 6.07) is 10.9. The van der Waals surface area contributed by atoms with Gasteiger partial charge in [-0.1, -0.05) is 0 Å². The molecule has 2 heterocycles. The number of carbonyl (C=O) groups is 1. The molecule has 0 atom stereocenters. The van der Waals surface area contributed by atoms with Crippen molar-refractivity contribution in [3.8, 4) is 0 Å². The highest BCUT2D eigenvalue weighted by Crippen LogP contribution is 2.20. The van der Waals surface area contributed by atoms with Crippen LogP contribution in [0.25, 0.3) is 10.9 Å². The van der Waals surface area contributed by atoms with Crippen LogP contribution >= 0.6 is 15.9 Å². The maximum Gasteiger partial charge on any atom is 0.272 e. The van der Waals surface area contributed by atoms with Crippen molar-refractivity contribution in [2.24, 2.45) is 0 Å². The number of nitrogens with two attached hydrogens (primary N) is 1. The highest BCUT2D eigenvalue weighted by atomic mass is 79.9. The largest absolute Gasteiger partial charge is 0.399 e. The van der Waals surface area contributed by atoms with Gasteiger partial charge in [-0.2, -0.15) is 0 Å².